The second-order valence-electron chi connectivity index (χ2n) is 7.26. The van der Waals surface area contributed by atoms with Gasteiger partial charge in [-0.05, 0) is 55.0 Å². The van der Waals surface area contributed by atoms with E-state index in [2.05, 4.69) is 39.6 Å². The first-order valence-corrected chi connectivity index (χ1v) is 8.80. The molecule has 1 spiro atoms. The average Bonchev–Trinajstić information content (AvgIpc) is 3.21. The normalized spacial score (nSPS) is 23.2. The molecule has 2 aromatic rings. The van der Waals surface area contributed by atoms with Gasteiger partial charge in [-0.15, -0.1) is 24.8 Å². The average molecular weight is 383 g/mol. The summed E-state index contributed by atoms with van der Waals surface area (Å²) in [5.41, 5.74) is 3.29. The second kappa shape index (κ2) is 9.04. The van der Waals surface area contributed by atoms with Crippen LogP contribution in [0.4, 0.5) is 0 Å². The number of hydrogen-bond acceptors (Lipinski definition) is 3. The Morgan fingerprint density at radius 3 is 2.44 bits per heavy atom. The van der Waals surface area contributed by atoms with Crippen LogP contribution >= 0.6 is 24.8 Å². The predicted molar refractivity (Wildman–Crippen MR) is 107 cm³/mol. The van der Waals surface area contributed by atoms with Crippen molar-refractivity contribution in [3.8, 4) is 0 Å². The third-order valence-electron chi connectivity index (χ3n) is 5.41. The monoisotopic (exact) mass is 382 g/mol. The minimum absolute atomic E-state index is 0. The molecule has 2 aliphatic heterocycles. The van der Waals surface area contributed by atoms with Gasteiger partial charge in [0.15, 0.2) is 0 Å². The first-order chi connectivity index (χ1) is 11.3. The van der Waals surface area contributed by atoms with Gasteiger partial charge in [-0.1, -0.05) is 24.3 Å². The van der Waals surface area contributed by atoms with Crippen LogP contribution in [0.25, 0.3) is 0 Å². The summed E-state index contributed by atoms with van der Waals surface area (Å²) in [6.45, 7) is 6.87. The fourth-order valence-electron chi connectivity index (χ4n) is 4.13. The molecule has 0 saturated carbocycles. The standard InChI is InChI=1S/C19H26N4.2ClH/c1-7-19(15-20-9-1)8-12-22(16-19)13-17-3-5-18(6-4-17)14-23-11-2-10-21-23;;/h2-6,10-11,20H,1,7-9,12-16H2;2*1H. The molecule has 1 aromatic heterocycles. The fraction of sp³-hybridized carbons (Fsp3) is 0.526. The lowest BCUT2D eigenvalue weighted by Crippen LogP contribution is -2.41. The summed E-state index contributed by atoms with van der Waals surface area (Å²) in [6.07, 6.45) is 7.94. The van der Waals surface area contributed by atoms with Crippen molar-refractivity contribution in [3.05, 3.63) is 53.9 Å². The predicted octanol–water partition coefficient (Wildman–Crippen LogP) is 3.35. The molecule has 1 atom stereocenters. The second-order valence-corrected chi connectivity index (χ2v) is 7.26. The molecule has 3 heterocycles. The number of hydrogen-bond donors (Lipinski definition) is 1. The van der Waals surface area contributed by atoms with E-state index >= 15 is 0 Å². The van der Waals surface area contributed by atoms with Gasteiger partial charge in [-0.3, -0.25) is 9.58 Å². The highest BCUT2D eigenvalue weighted by molar-refractivity contribution is 5.85. The van der Waals surface area contributed by atoms with Crippen molar-refractivity contribution in [1.29, 1.82) is 0 Å². The summed E-state index contributed by atoms with van der Waals surface area (Å²) < 4.78 is 1.97. The van der Waals surface area contributed by atoms with Crippen LogP contribution in [0.3, 0.4) is 0 Å². The number of rotatable bonds is 4. The lowest BCUT2D eigenvalue weighted by atomic mass is 9.80. The molecule has 0 radical (unpaired) electrons. The lowest BCUT2D eigenvalue weighted by Gasteiger charge is -2.34. The Morgan fingerprint density at radius 2 is 1.80 bits per heavy atom. The van der Waals surface area contributed by atoms with Gasteiger partial charge in [0.05, 0.1) is 6.54 Å². The first kappa shape index (κ1) is 20.2. The third-order valence-corrected chi connectivity index (χ3v) is 5.41. The van der Waals surface area contributed by atoms with Crippen LogP contribution in [0, 0.1) is 5.41 Å². The summed E-state index contributed by atoms with van der Waals surface area (Å²) in [5.74, 6) is 0. The van der Waals surface area contributed by atoms with E-state index in [9.17, 15) is 0 Å². The van der Waals surface area contributed by atoms with Gasteiger partial charge in [0, 0.05) is 32.0 Å². The van der Waals surface area contributed by atoms with E-state index in [0.29, 0.717) is 5.41 Å². The van der Waals surface area contributed by atoms with E-state index in [-0.39, 0.29) is 24.8 Å². The van der Waals surface area contributed by atoms with E-state index in [1.165, 1.54) is 56.6 Å². The Hall–Kier alpha value is -1.07. The van der Waals surface area contributed by atoms with E-state index in [1.54, 1.807) is 0 Å². The Kier molecular flexibility index (Phi) is 7.32. The van der Waals surface area contributed by atoms with Gasteiger partial charge in [0.1, 0.15) is 0 Å². The molecule has 6 heteroatoms. The van der Waals surface area contributed by atoms with Crippen LogP contribution < -0.4 is 5.32 Å². The quantitative estimate of drug-likeness (QED) is 0.879. The highest BCUT2D eigenvalue weighted by atomic mass is 35.5. The molecule has 4 rings (SSSR count). The minimum Gasteiger partial charge on any atom is -0.316 e. The van der Waals surface area contributed by atoms with Crippen LogP contribution in [-0.4, -0.2) is 40.9 Å². The number of aromatic nitrogens is 2. The number of nitrogens with one attached hydrogen (secondary N) is 1. The molecule has 1 aromatic carbocycles. The summed E-state index contributed by atoms with van der Waals surface area (Å²) in [6, 6.07) is 11.0. The van der Waals surface area contributed by atoms with Gasteiger partial charge >= 0.3 is 0 Å². The van der Waals surface area contributed by atoms with Crippen LogP contribution in [0.5, 0.6) is 0 Å². The summed E-state index contributed by atoms with van der Waals surface area (Å²) in [7, 11) is 0. The molecule has 4 nitrogen and oxygen atoms in total. The summed E-state index contributed by atoms with van der Waals surface area (Å²) in [5, 5.41) is 7.86. The molecular weight excluding hydrogens is 355 g/mol. The fourth-order valence-corrected chi connectivity index (χ4v) is 4.13. The van der Waals surface area contributed by atoms with Crippen molar-refractivity contribution in [2.24, 2.45) is 5.41 Å². The molecule has 25 heavy (non-hydrogen) atoms. The SMILES string of the molecule is Cl.Cl.c1cnn(Cc2ccc(CN3CCC4(CCCNC4)C3)cc2)c1. The molecular formula is C19H28Cl2N4. The Balaban J connectivity index is 0.00000113. The molecule has 2 aliphatic rings. The Morgan fingerprint density at radius 1 is 1.04 bits per heavy atom. The van der Waals surface area contributed by atoms with Gasteiger partial charge in [-0.25, -0.2) is 0 Å². The molecule has 2 fully saturated rings. The molecule has 2 saturated heterocycles. The van der Waals surface area contributed by atoms with Crippen LogP contribution in [0.2, 0.25) is 0 Å². The number of nitrogens with zero attached hydrogens (tertiary/aromatic N) is 3. The Labute approximate surface area is 162 Å². The zero-order chi connectivity index (χ0) is 15.5. The van der Waals surface area contributed by atoms with Crippen LogP contribution in [0.15, 0.2) is 42.7 Å². The molecule has 0 bridgehead atoms. The number of likely N-dealkylation sites (tertiary alicyclic amines) is 1. The maximum absolute atomic E-state index is 4.27. The number of benzene rings is 1. The summed E-state index contributed by atoms with van der Waals surface area (Å²) in [4.78, 5) is 2.63. The van der Waals surface area contributed by atoms with Gasteiger partial charge in [-0.2, -0.15) is 5.10 Å². The van der Waals surface area contributed by atoms with Gasteiger partial charge in [0.2, 0.25) is 0 Å². The minimum atomic E-state index is 0. The lowest BCUT2D eigenvalue weighted by molar-refractivity contribution is 0.199. The van der Waals surface area contributed by atoms with Crippen molar-refractivity contribution in [2.45, 2.75) is 32.4 Å². The molecule has 0 aliphatic carbocycles. The molecule has 1 N–H and O–H groups in total. The smallest absolute Gasteiger partial charge is 0.0659 e. The van der Waals surface area contributed by atoms with Crippen LogP contribution in [0.1, 0.15) is 30.4 Å². The van der Waals surface area contributed by atoms with Gasteiger partial charge in [0.25, 0.3) is 0 Å². The zero-order valence-electron chi connectivity index (χ0n) is 14.6. The number of halogens is 2. The largest absolute Gasteiger partial charge is 0.316 e. The van der Waals surface area contributed by atoms with Crippen molar-refractivity contribution >= 4 is 24.8 Å². The third kappa shape index (κ3) is 4.98. The summed E-state index contributed by atoms with van der Waals surface area (Å²) >= 11 is 0. The van der Waals surface area contributed by atoms with Crippen LogP contribution in [-0.2, 0) is 13.1 Å². The maximum Gasteiger partial charge on any atom is 0.0659 e. The van der Waals surface area contributed by atoms with E-state index in [4.69, 9.17) is 0 Å². The molecule has 0 amide bonds. The van der Waals surface area contributed by atoms with E-state index in [0.717, 1.165) is 13.1 Å². The maximum atomic E-state index is 4.27. The highest BCUT2D eigenvalue weighted by Gasteiger charge is 2.38. The van der Waals surface area contributed by atoms with Crippen molar-refractivity contribution in [2.75, 3.05) is 26.2 Å². The van der Waals surface area contributed by atoms with Crippen molar-refractivity contribution < 1.29 is 0 Å². The number of piperidine rings is 1. The topological polar surface area (TPSA) is 33.1 Å². The van der Waals surface area contributed by atoms with Crippen molar-refractivity contribution in [3.63, 3.8) is 0 Å². The molecule has 138 valence electrons. The highest BCUT2D eigenvalue weighted by Crippen LogP contribution is 2.36. The zero-order valence-corrected chi connectivity index (χ0v) is 16.2. The van der Waals surface area contributed by atoms with E-state index in [1.807, 2.05) is 23.1 Å². The van der Waals surface area contributed by atoms with E-state index < -0.39 is 0 Å². The van der Waals surface area contributed by atoms with Gasteiger partial charge < -0.3 is 5.32 Å². The molecule has 1 unspecified atom stereocenters. The van der Waals surface area contributed by atoms with Crippen molar-refractivity contribution in [1.82, 2.24) is 20.0 Å². The Bertz CT molecular complexity index is 621. The first-order valence-electron chi connectivity index (χ1n) is 8.80.